The summed E-state index contributed by atoms with van der Waals surface area (Å²) in [6.07, 6.45) is 5.82. The number of H-pyrrole nitrogens is 1. The van der Waals surface area contributed by atoms with E-state index in [1.54, 1.807) is 6.20 Å². The highest BCUT2D eigenvalue weighted by molar-refractivity contribution is 5.94. The molecular formula is C23H30N4O4. The fourth-order valence-electron chi connectivity index (χ4n) is 5.43. The Morgan fingerprint density at radius 1 is 1.06 bits per heavy atom. The predicted octanol–water partition coefficient (Wildman–Crippen LogP) is 2.08. The Morgan fingerprint density at radius 2 is 1.71 bits per heavy atom. The molecule has 3 N–H and O–H groups in total. The number of carbonyl (C=O) groups excluding carboxylic acids is 1. The molecule has 2 aromatic rings. The summed E-state index contributed by atoms with van der Waals surface area (Å²) in [5.41, 5.74) is 2.72. The van der Waals surface area contributed by atoms with Crippen LogP contribution >= 0.6 is 0 Å². The second-order valence-electron chi connectivity index (χ2n) is 8.73. The van der Waals surface area contributed by atoms with Crippen molar-refractivity contribution in [3.8, 4) is 11.3 Å². The number of hydrogen-bond acceptors (Lipinski definition) is 5. The van der Waals surface area contributed by atoms with E-state index in [-0.39, 0.29) is 24.5 Å². The molecule has 31 heavy (non-hydrogen) atoms. The largest absolute Gasteiger partial charge is 0.483 e. The number of aliphatic hydroxyl groups excluding tert-OH is 1. The van der Waals surface area contributed by atoms with Crippen LogP contribution in [0.2, 0.25) is 0 Å². The van der Waals surface area contributed by atoms with Crippen molar-refractivity contribution < 1.29 is 19.8 Å². The number of benzene rings is 1. The van der Waals surface area contributed by atoms with Crippen LogP contribution in [0.1, 0.15) is 36.0 Å². The average molecular weight is 427 g/mol. The van der Waals surface area contributed by atoms with Crippen molar-refractivity contribution in [2.45, 2.75) is 37.8 Å². The van der Waals surface area contributed by atoms with Crippen LogP contribution in [0.4, 0.5) is 0 Å². The van der Waals surface area contributed by atoms with Crippen LogP contribution in [-0.4, -0.2) is 80.9 Å². The van der Waals surface area contributed by atoms with Crippen LogP contribution in [0.5, 0.6) is 0 Å². The Hall–Kier alpha value is -2.71. The molecular weight excluding hydrogens is 396 g/mol. The molecule has 0 unspecified atom stereocenters. The monoisotopic (exact) mass is 426 g/mol. The van der Waals surface area contributed by atoms with Gasteiger partial charge in [-0.3, -0.25) is 19.6 Å². The van der Waals surface area contributed by atoms with Gasteiger partial charge in [0.2, 0.25) is 0 Å². The third kappa shape index (κ3) is 4.65. The summed E-state index contributed by atoms with van der Waals surface area (Å²) < 4.78 is 0. The molecule has 1 aliphatic carbocycles. The van der Waals surface area contributed by atoms with Crippen molar-refractivity contribution in [2.24, 2.45) is 11.8 Å². The van der Waals surface area contributed by atoms with Gasteiger partial charge in [0.1, 0.15) is 0 Å². The first-order valence-corrected chi connectivity index (χ1v) is 11.0. The second-order valence-corrected chi connectivity index (χ2v) is 8.73. The SMILES string of the molecule is O=C(c1ccc(-c2ccn[nH]2)cc1)N1C[C@H]2C[C@@H](N3CCCC3)[C@H](O)C[C@H]2C1.O=CO. The van der Waals surface area contributed by atoms with E-state index in [0.29, 0.717) is 11.8 Å². The topological polar surface area (TPSA) is 110 Å². The van der Waals surface area contributed by atoms with E-state index in [1.165, 1.54) is 12.8 Å². The van der Waals surface area contributed by atoms with Gasteiger partial charge in [-0.2, -0.15) is 5.10 Å². The van der Waals surface area contributed by atoms with Gasteiger partial charge in [-0.25, -0.2) is 0 Å². The van der Waals surface area contributed by atoms with Crippen LogP contribution in [0, 0.1) is 11.8 Å². The van der Waals surface area contributed by atoms with Crippen LogP contribution in [0.15, 0.2) is 36.5 Å². The van der Waals surface area contributed by atoms with E-state index < -0.39 is 0 Å². The zero-order valence-electron chi connectivity index (χ0n) is 17.6. The van der Waals surface area contributed by atoms with Crippen molar-refractivity contribution in [3.05, 3.63) is 42.1 Å². The Morgan fingerprint density at radius 3 is 2.32 bits per heavy atom. The number of carbonyl (C=O) groups is 2. The molecule has 0 spiro atoms. The minimum Gasteiger partial charge on any atom is -0.483 e. The third-order valence-electron chi connectivity index (χ3n) is 6.95. The van der Waals surface area contributed by atoms with Crippen LogP contribution in [0.25, 0.3) is 11.3 Å². The quantitative estimate of drug-likeness (QED) is 0.649. The molecule has 1 amide bonds. The van der Waals surface area contributed by atoms with Crippen LogP contribution in [-0.2, 0) is 4.79 Å². The van der Waals surface area contributed by atoms with Gasteiger partial charge in [-0.05, 0) is 74.4 Å². The lowest BCUT2D eigenvalue weighted by Crippen LogP contribution is -2.48. The molecule has 1 aromatic heterocycles. The standard InChI is InChI=1S/C22H28N4O2.CH2O2/c27-21-12-18-14-26(13-17(18)11-20(21)25-9-1-2-10-25)22(28)16-5-3-15(4-6-16)19-7-8-23-24-19;2-1-3/h3-8,17-18,20-21,27H,1-2,9-14H2,(H,23,24);1H,(H,2,3)/t17-,18+,20-,21-;/m1./s1. The first-order chi connectivity index (χ1) is 15.1. The molecule has 1 saturated carbocycles. The average Bonchev–Trinajstić information content (AvgIpc) is 3.55. The number of likely N-dealkylation sites (tertiary alicyclic amines) is 2. The van der Waals surface area contributed by atoms with Crippen molar-refractivity contribution >= 4 is 12.4 Å². The van der Waals surface area contributed by atoms with Gasteiger partial charge in [0.15, 0.2) is 0 Å². The maximum Gasteiger partial charge on any atom is 0.290 e. The highest BCUT2D eigenvalue weighted by Gasteiger charge is 2.44. The molecule has 1 aromatic carbocycles. The van der Waals surface area contributed by atoms with Crippen molar-refractivity contribution in [3.63, 3.8) is 0 Å². The number of amides is 1. The molecule has 3 aliphatic rings. The number of fused-ring (bicyclic) bond motifs is 1. The van der Waals surface area contributed by atoms with E-state index in [1.807, 2.05) is 35.2 Å². The Labute approximate surface area is 181 Å². The number of hydrogen-bond donors (Lipinski definition) is 3. The van der Waals surface area contributed by atoms with Crippen molar-refractivity contribution in [1.29, 1.82) is 0 Å². The summed E-state index contributed by atoms with van der Waals surface area (Å²) in [4.78, 5) is 25.9. The zero-order chi connectivity index (χ0) is 21.8. The molecule has 2 aliphatic heterocycles. The molecule has 5 rings (SSSR count). The van der Waals surface area contributed by atoms with Gasteiger partial charge in [0.25, 0.3) is 12.4 Å². The van der Waals surface area contributed by atoms with E-state index in [0.717, 1.165) is 55.8 Å². The number of nitrogens with zero attached hydrogens (tertiary/aromatic N) is 3. The van der Waals surface area contributed by atoms with Crippen LogP contribution < -0.4 is 0 Å². The molecule has 2 saturated heterocycles. The summed E-state index contributed by atoms with van der Waals surface area (Å²) in [5, 5.41) is 24.5. The lowest BCUT2D eigenvalue weighted by Gasteiger charge is -2.40. The summed E-state index contributed by atoms with van der Waals surface area (Å²) in [7, 11) is 0. The molecule has 0 radical (unpaired) electrons. The van der Waals surface area contributed by atoms with Crippen molar-refractivity contribution in [1.82, 2.24) is 20.0 Å². The highest BCUT2D eigenvalue weighted by atomic mass is 16.3. The molecule has 0 bridgehead atoms. The highest BCUT2D eigenvalue weighted by Crippen LogP contribution is 2.39. The fourth-order valence-corrected chi connectivity index (χ4v) is 5.43. The fraction of sp³-hybridized carbons (Fsp3) is 0.522. The maximum atomic E-state index is 13.0. The molecule has 4 atom stereocenters. The van der Waals surface area contributed by atoms with Gasteiger partial charge >= 0.3 is 0 Å². The number of nitrogens with one attached hydrogen (secondary N) is 1. The molecule has 3 fully saturated rings. The molecule has 8 nitrogen and oxygen atoms in total. The predicted molar refractivity (Wildman–Crippen MR) is 115 cm³/mol. The van der Waals surface area contributed by atoms with Crippen molar-refractivity contribution in [2.75, 3.05) is 26.2 Å². The summed E-state index contributed by atoms with van der Waals surface area (Å²) in [6.45, 7) is 3.58. The number of rotatable bonds is 3. The lowest BCUT2D eigenvalue weighted by atomic mass is 9.77. The van der Waals surface area contributed by atoms with Crippen LogP contribution in [0.3, 0.4) is 0 Å². The smallest absolute Gasteiger partial charge is 0.290 e. The van der Waals surface area contributed by atoms with E-state index in [2.05, 4.69) is 15.1 Å². The van der Waals surface area contributed by atoms with E-state index in [9.17, 15) is 9.90 Å². The number of aliphatic hydroxyl groups is 1. The minimum atomic E-state index is -0.250. The first-order valence-electron chi connectivity index (χ1n) is 11.0. The van der Waals surface area contributed by atoms with E-state index >= 15 is 0 Å². The minimum absolute atomic E-state index is 0.109. The zero-order valence-corrected chi connectivity index (χ0v) is 17.6. The Balaban J connectivity index is 0.000000730. The Bertz CT molecular complexity index is 864. The van der Waals surface area contributed by atoms with Gasteiger partial charge in [0, 0.05) is 30.9 Å². The number of aromatic nitrogens is 2. The number of carboxylic acid groups (broad SMARTS) is 1. The maximum absolute atomic E-state index is 13.0. The summed E-state index contributed by atoms with van der Waals surface area (Å²) in [5.74, 6) is 1.06. The van der Waals surface area contributed by atoms with Gasteiger partial charge < -0.3 is 15.1 Å². The van der Waals surface area contributed by atoms with Gasteiger partial charge in [-0.1, -0.05) is 12.1 Å². The second kappa shape index (κ2) is 9.62. The molecule has 8 heteroatoms. The third-order valence-corrected chi connectivity index (χ3v) is 6.95. The normalized spacial score (nSPS) is 28.0. The lowest BCUT2D eigenvalue weighted by molar-refractivity contribution is -0.122. The Kier molecular flexibility index (Phi) is 6.67. The first kappa shape index (κ1) is 21.5. The molecule has 3 heterocycles. The van der Waals surface area contributed by atoms with Gasteiger partial charge in [-0.15, -0.1) is 0 Å². The van der Waals surface area contributed by atoms with E-state index in [4.69, 9.17) is 9.90 Å². The van der Waals surface area contributed by atoms with Gasteiger partial charge in [0.05, 0.1) is 11.8 Å². The summed E-state index contributed by atoms with van der Waals surface area (Å²) >= 11 is 0. The summed E-state index contributed by atoms with van der Waals surface area (Å²) in [6, 6.07) is 9.95. The number of aromatic amines is 1. The molecule has 166 valence electrons.